The molecule has 0 aliphatic heterocycles. The smallest absolute Gasteiger partial charge is 0.139 e. The van der Waals surface area contributed by atoms with Gasteiger partial charge in [-0.25, -0.2) is 0 Å². The summed E-state index contributed by atoms with van der Waals surface area (Å²) in [6.07, 6.45) is 0.992. The van der Waals surface area contributed by atoms with Gasteiger partial charge in [0, 0.05) is 12.1 Å². The molecule has 0 radical (unpaired) electrons. The van der Waals surface area contributed by atoms with E-state index in [0.29, 0.717) is 15.8 Å². The molecule has 1 aromatic carbocycles. The highest BCUT2D eigenvalue weighted by molar-refractivity contribution is 6.42. The van der Waals surface area contributed by atoms with E-state index >= 15 is 0 Å². The van der Waals surface area contributed by atoms with E-state index < -0.39 is 0 Å². The SMILES string of the molecule is CCC(CNC(C)(C)C)Oc1cccc(Cl)c1Cl. The molecule has 0 spiro atoms. The largest absolute Gasteiger partial charge is 0.487 e. The fourth-order valence-corrected chi connectivity index (χ4v) is 1.78. The monoisotopic (exact) mass is 289 g/mol. The second-order valence-electron chi connectivity index (χ2n) is 5.33. The molecular formula is C14H21Cl2NO. The molecule has 0 saturated heterocycles. The highest BCUT2D eigenvalue weighted by Crippen LogP contribution is 2.32. The molecule has 4 heteroatoms. The van der Waals surface area contributed by atoms with Crippen LogP contribution >= 0.6 is 23.2 Å². The van der Waals surface area contributed by atoms with Gasteiger partial charge in [0.25, 0.3) is 0 Å². The minimum absolute atomic E-state index is 0.0783. The van der Waals surface area contributed by atoms with Crippen LogP contribution in [0.2, 0.25) is 10.0 Å². The third-order valence-corrected chi connectivity index (χ3v) is 3.33. The molecule has 1 atom stereocenters. The molecule has 2 nitrogen and oxygen atoms in total. The molecule has 18 heavy (non-hydrogen) atoms. The quantitative estimate of drug-likeness (QED) is 0.859. The van der Waals surface area contributed by atoms with Gasteiger partial charge in [0.05, 0.1) is 5.02 Å². The summed E-state index contributed by atoms with van der Waals surface area (Å²) in [6.45, 7) is 9.26. The minimum atomic E-state index is 0.0783. The lowest BCUT2D eigenvalue weighted by Gasteiger charge is -2.25. The first kappa shape index (κ1) is 15.6. The average molecular weight is 290 g/mol. The van der Waals surface area contributed by atoms with Crippen molar-refractivity contribution in [3.05, 3.63) is 28.2 Å². The summed E-state index contributed by atoms with van der Waals surface area (Å²) in [5, 5.41) is 4.43. The van der Waals surface area contributed by atoms with Crippen molar-refractivity contribution in [2.24, 2.45) is 0 Å². The maximum absolute atomic E-state index is 6.11. The third-order valence-electron chi connectivity index (χ3n) is 2.53. The molecule has 0 fully saturated rings. The van der Waals surface area contributed by atoms with Crippen LogP contribution in [0.1, 0.15) is 34.1 Å². The number of rotatable bonds is 5. The lowest BCUT2D eigenvalue weighted by Crippen LogP contribution is -2.42. The molecule has 0 aliphatic rings. The first-order valence-electron chi connectivity index (χ1n) is 6.19. The lowest BCUT2D eigenvalue weighted by atomic mass is 10.1. The summed E-state index contributed by atoms with van der Waals surface area (Å²) >= 11 is 12.1. The number of halogens is 2. The number of benzene rings is 1. The molecule has 0 amide bonds. The molecule has 1 N–H and O–H groups in total. The minimum Gasteiger partial charge on any atom is -0.487 e. The van der Waals surface area contributed by atoms with Gasteiger partial charge in [-0.2, -0.15) is 0 Å². The van der Waals surface area contributed by atoms with Gasteiger partial charge in [-0.15, -0.1) is 0 Å². The van der Waals surface area contributed by atoms with Crippen molar-refractivity contribution < 1.29 is 4.74 Å². The van der Waals surface area contributed by atoms with Crippen LogP contribution in [-0.2, 0) is 0 Å². The average Bonchev–Trinajstić information content (AvgIpc) is 2.28. The Bertz CT molecular complexity index is 388. The van der Waals surface area contributed by atoms with Crippen LogP contribution in [0, 0.1) is 0 Å². The van der Waals surface area contributed by atoms with E-state index in [1.54, 1.807) is 6.07 Å². The van der Waals surface area contributed by atoms with Crippen molar-refractivity contribution in [1.29, 1.82) is 0 Å². The first-order chi connectivity index (χ1) is 8.33. The molecule has 0 saturated carbocycles. The fraction of sp³-hybridized carbons (Fsp3) is 0.571. The van der Waals surface area contributed by atoms with Gasteiger partial charge in [0.1, 0.15) is 16.9 Å². The van der Waals surface area contributed by atoms with E-state index in [0.717, 1.165) is 13.0 Å². The highest BCUT2D eigenvalue weighted by atomic mass is 35.5. The van der Waals surface area contributed by atoms with Gasteiger partial charge in [-0.3, -0.25) is 0 Å². The Kier molecular flexibility index (Phi) is 5.77. The van der Waals surface area contributed by atoms with Crippen LogP contribution in [0.25, 0.3) is 0 Å². The number of nitrogens with one attached hydrogen (secondary N) is 1. The number of hydrogen-bond donors (Lipinski definition) is 1. The van der Waals surface area contributed by atoms with Crippen molar-refractivity contribution in [2.75, 3.05) is 6.54 Å². The zero-order chi connectivity index (χ0) is 13.8. The first-order valence-corrected chi connectivity index (χ1v) is 6.94. The zero-order valence-electron chi connectivity index (χ0n) is 11.4. The van der Waals surface area contributed by atoms with Crippen molar-refractivity contribution >= 4 is 23.2 Å². The molecule has 0 bridgehead atoms. The van der Waals surface area contributed by atoms with E-state index in [4.69, 9.17) is 27.9 Å². The van der Waals surface area contributed by atoms with Crippen LogP contribution in [0.4, 0.5) is 0 Å². The molecular weight excluding hydrogens is 269 g/mol. The Morgan fingerprint density at radius 3 is 2.50 bits per heavy atom. The molecule has 1 rings (SSSR count). The van der Waals surface area contributed by atoms with Gasteiger partial charge < -0.3 is 10.1 Å². The van der Waals surface area contributed by atoms with Crippen molar-refractivity contribution in [3.63, 3.8) is 0 Å². The van der Waals surface area contributed by atoms with Crippen LogP contribution in [-0.4, -0.2) is 18.2 Å². The van der Waals surface area contributed by atoms with E-state index in [2.05, 4.69) is 33.0 Å². The number of hydrogen-bond acceptors (Lipinski definition) is 2. The standard InChI is InChI=1S/C14H21Cl2NO/c1-5-10(9-17-14(2,3)4)18-12-8-6-7-11(15)13(12)16/h6-8,10,17H,5,9H2,1-4H3. The van der Waals surface area contributed by atoms with E-state index in [1.807, 2.05) is 12.1 Å². The highest BCUT2D eigenvalue weighted by Gasteiger charge is 2.15. The third kappa shape index (κ3) is 5.05. The summed E-state index contributed by atoms with van der Waals surface area (Å²) in [6, 6.07) is 5.44. The molecule has 1 unspecified atom stereocenters. The van der Waals surface area contributed by atoms with Gasteiger partial charge in [-0.05, 0) is 39.3 Å². The van der Waals surface area contributed by atoms with Crippen molar-refractivity contribution in [1.82, 2.24) is 5.32 Å². The predicted octanol–water partition coefficient (Wildman–Crippen LogP) is 4.54. The molecule has 102 valence electrons. The van der Waals surface area contributed by atoms with E-state index in [-0.39, 0.29) is 11.6 Å². The Morgan fingerprint density at radius 2 is 1.94 bits per heavy atom. The predicted molar refractivity (Wildman–Crippen MR) is 78.9 cm³/mol. The summed E-state index contributed by atoms with van der Waals surface area (Å²) < 4.78 is 5.89. The van der Waals surface area contributed by atoms with Crippen molar-refractivity contribution in [2.45, 2.75) is 45.8 Å². The Hall–Kier alpha value is -0.440. The summed E-state index contributed by atoms with van der Waals surface area (Å²) in [4.78, 5) is 0. The summed E-state index contributed by atoms with van der Waals surface area (Å²) in [5.74, 6) is 0.645. The Morgan fingerprint density at radius 1 is 1.28 bits per heavy atom. The summed E-state index contributed by atoms with van der Waals surface area (Å²) in [5.41, 5.74) is 0.0783. The van der Waals surface area contributed by atoms with Gasteiger partial charge in [0.15, 0.2) is 0 Å². The van der Waals surface area contributed by atoms with E-state index in [9.17, 15) is 0 Å². The summed E-state index contributed by atoms with van der Waals surface area (Å²) in [7, 11) is 0. The van der Waals surface area contributed by atoms with Gasteiger partial charge in [-0.1, -0.05) is 36.2 Å². The maximum atomic E-state index is 6.11. The molecule has 0 aromatic heterocycles. The number of ether oxygens (including phenoxy) is 1. The van der Waals surface area contributed by atoms with Gasteiger partial charge in [0.2, 0.25) is 0 Å². The second kappa shape index (κ2) is 6.65. The topological polar surface area (TPSA) is 21.3 Å². The zero-order valence-corrected chi connectivity index (χ0v) is 12.9. The van der Waals surface area contributed by atoms with Crippen LogP contribution in [0.3, 0.4) is 0 Å². The Labute approximate surface area is 120 Å². The Balaban J connectivity index is 2.65. The second-order valence-corrected chi connectivity index (χ2v) is 6.12. The normalized spacial score (nSPS) is 13.4. The fourth-order valence-electron chi connectivity index (χ4n) is 1.44. The molecule has 1 aromatic rings. The van der Waals surface area contributed by atoms with E-state index in [1.165, 1.54) is 0 Å². The van der Waals surface area contributed by atoms with Crippen molar-refractivity contribution in [3.8, 4) is 5.75 Å². The maximum Gasteiger partial charge on any atom is 0.139 e. The molecule has 0 aliphatic carbocycles. The lowest BCUT2D eigenvalue weighted by molar-refractivity contribution is 0.181. The molecule has 0 heterocycles. The van der Waals surface area contributed by atoms with Crippen LogP contribution in [0.5, 0.6) is 5.75 Å². The van der Waals surface area contributed by atoms with Crippen LogP contribution < -0.4 is 10.1 Å². The van der Waals surface area contributed by atoms with Gasteiger partial charge >= 0.3 is 0 Å². The van der Waals surface area contributed by atoms with Crippen LogP contribution in [0.15, 0.2) is 18.2 Å².